The number of ketones is 1. The number of benzene rings is 2. The minimum absolute atomic E-state index is 0.0736. The Morgan fingerprint density at radius 3 is 2.68 bits per heavy atom. The van der Waals surface area contributed by atoms with Crippen molar-refractivity contribution < 1.29 is 9.53 Å². The number of Topliss-reactive ketones (excluding diaryl/α,β-unsaturated/α-hetero) is 1. The second kappa shape index (κ2) is 4.88. The van der Waals surface area contributed by atoms with E-state index in [1.807, 2.05) is 36.4 Å². The van der Waals surface area contributed by atoms with Gasteiger partial charge in [0.25, 0.3) is 0 Å². The second-order valence-corrected chi connectivity index (χ2v) is 4.98. The van der Waals surface area contributed by atoms with Crippen molar-refractivity contribution in [2.75, 3.05) is 7.11 Å². The van der Waals surface area contributed by atoms with Gasteiger partial charge in [-0.15, -0.1) is 0 Å². The summed E-state index contributed by atoms with van der Waals surface area (Å²) in [5, 5.41) is 0. The number of carbonyl (C=O) groups is 1. The van der Waals surface area contributed by atoms with Crippen LogP contribution in [0, 0.1) is 5.92 Å². The van der Waals surface area contributed by atoms with Crippen molar-refractivity contribution in [2.45, 2.75) is 12.8 Å². The van der Waals surface area contributed by atoms with E-state index in [0.717, 1.165) is 29.7 Å². The van der Waals surface area contributed by atoms with Crippen LogP contribution in [0.15, 0.2) is 48.5 Å². The number of hydrogen-bond acceptors (Lipinski definition) is 2. The lowest BCUT2D eigenvalue weighted by Crippen LogP contribution is -2.12. The highest BCUT2D eigenvalue weighted by Gasteiger charge is 2.30. The highest BCUT2D eigenvalue weighted by Crippen LogP contribution is 2.31. The lowest BCUT2D eigenvalue weighted by Gasteiger charge is -2.07. The molecule has 0 radical (unpaired) electrons. The molecule has 0 aliphatic heterocycles. The molecule has 0 amide bonds. The normalized spacial score (nSPS) is 17.3. The maximum absolute atomic E-state index is 12.4. The van der Waals surface area contributed by atoms with Gasteiger partial charge in [0.05, 0.1) is 7.11 Å². The van der Waals surface area contributed by atoms with E-state index in [1.165, 1.54) is 5.56 Å². The summed E-state index contributed by atoms with van der Waals surface area (Å²) >= 11 is 0. The maximum atomic E-state index is 12.4. The zero-order chi connectivity index (χ0) is 13.2. The van der Waals surface area contributed by atoms with Crippen molar-refractivity contribution in [3.63, 3.8) is 0 Å². The smallest absolute Gasteiger partial charge is 0.166 e. The molecule has 0 saturated heterocycles. The molecule has 0 fully saturated rings. The predicted octanol–water partition coefficient (Wildman–Crippen LogP) is 3.29. The van der Waals surface area contributed by atoms with Gasteiger partial charge in [-0.05, 0) is 42.2 Å². The van der Waals surface area contributed by atoms with E-state index in [9.17, 15) is 4.79 Å². The fourth-order valence-corrected chi connectivity index (χ4v) is 2.75. The third kappa shape index (κ3) is 2.26. The van der Waals surface area contributed by atoms with Crippen molar-refractivity contribution in [2.24, 2.45) is 5.92 Å². The number of rotatable bonds is 3. The average Bonchev–Trinajstić information content (AvgIpc) is 2.76. The Bertz CT molecular complexity index is 602. The van der Waals surface area contributed by atoms with Gasteiger partial charge < -0.3 is 4.74 Å². The monoisotopic (exact) mass is 252 g/mol. The van der Waals surface area contributed by atoms with E-state index in [0.29, 0.717) is 0 Å². The first-order valence-electron chi connectivity index (χ1n) is 6.53. The lowest BCUT2D eigenvalue weighted by atomic mass is 9.96. The minimum Gasteiger partial charge on any atom is -0.497 e. The molecule has 1 aliphatic carbocycles. The van der Waals surface area contributed by atoms with E-state index >= 15 is 0 Å². The fraction of sp³-hybridized carbons (Fsp3) is 0.235. The van der Waals surface area contributed by atoms with Crippen molar-refractivity contribution in [3.05, 3.63) is 65.2 Å². The molecule has 1 unspecified atom stereocenters. The standard InChI is InChI=1S/C17H16O2/c1-19-15-7-8-16-13(11-15)10-14(17(16)18)9-12-5-3-2-4-6-12/h2-8,11,14H,9-10H2,1H3. The van der Waals surface area contributed by atoms with Crippen molar-refractivity contribution in [1.29, 1.82) is 0 Å². The summed E-state index contributed by atoms with van der Waals surface area (Å²) in [4.78, 5) is 12.4. The molecule has 2 aromatic carbocycles. The molecule has 1 aliphatic rings. The fourth-order valence-electron chi connectivity index (χ4n) is 2.75. The lowest BCUT2D eigenvalue weighted by molar-refractivity contribution is 0.0936. The highest BCUT2D eigenvalue weighted by molar-refractivity contribution is 6.02. The third-order valence-electron chi connectivity index (χ3n) is 3.74. The number of methoxy groups -OCH3 is 1. The van der Waals surface area contributed by atoms with Crippen LogP contribution in [0.1, 0.15) is 21.5 Å². The first-order valence-corrected chi connectivity index (χ1v) is 6.53. The molecular formula is C17H16O2. The van der Waals surface area contributed by atoms with Crippen LogP contribution in [0.5, 0.6) is 5.75 Å². The van der Waals surface area contributed by atoms with Crippen LogP contribution in [0.2, 0.25) is 0 Å². The molecule has 0 heterocycles. The summed E-state index contributed by atoms with van der Waals surface area (Å²) in [7, 11) is 1.65. The van der Waals surface area contributed by atoms with Gasteiger partial charge in [-0.2, -0.15) is 0 Å². The quantitative estimate of drug-likeness (QED) is 0.837. The van der Waals surface area contributed by atoms with E-state index < -0.39 is 0 Å². The molecule has 96 valence electrons. The molecular weight excluding hydrogens is 236 g/mol. The largest absolute Gasteiger partial charge is 0.497 e. The Balaban J connectivity index is 1.83. The Morgan fingerprint density at radius 2 is 1.95 bits per heavy atom. The average molecular weight is 252 g/mol. The summed E-state index contributed by atoms with van der Waals surface area (Å²) in [6, 6.07) is 15.9. The molecule has 0 N–H and O–H groups in total. The van der Waals surface area contributed by atoms with Crippen LogP contribution >= 0.6 is 0 Å². The Labute approximate surface area is 113 Å². The third-order valence-corrected chi connectivity index (χ3v) is 3.74. The van der Waals surface area contributed by atoms with Gasteiger partial charge in [0.15, 0.2) is 5.78 Å². The molecule has 2 heteroatoms. The van der Waals surface area contributed by atoms with E-state index in [4.69, 9.17) is 4.74 Å². The van der Waals surface area contributed by atoms with Crippen LogP contribution in [-0.2, 0) is 12.8 Å². The summed E-state index contributed by atoms with van der Waals surface area (Å²) < 4.78 is 5.22. The SMILES string of the molecule is COc1ccc2c(c1)CC(Cc1ccccc1)C2=O. The van der Waals surface area contributed by atoms with Crippen LogP contribution in [0.4, 0.5) is 0 Å². The Morgan fingerprint density at radius 1 is 1.16 bits per heavy atom. The van der Waals surface area contributed by atoms with Gasteiger partial charge in [-0.1, -0.05) is 30.3 Å². The van der Waals surface area contributed by atoms with Crippen molar-refractivity contribution in [3.8, 4) is 5.75 Å². The number of carbonyl (C=O) groups excluding carboxylic acids is 1. The van der Waals surface area contributed by atoms with Crippen LogP contribution < -0.4 is 4.74 Å². The zero-order valence-corrected chi connectivity index (χ0v) is 10.9. The molecule has 3 rings (SSSR count). The second-order valence-electron chi connectivity index (χ2n) is 4.98. The molecule has 2 nitrogen and oxygen atoms in total. The molecule has 2 aromatic rings. The van der Waals surface area contributed by atoms with Gasteiger partial charge in [-0.3, -0.25) is 4.79 Å². The van der Waals surface area contributed by atoms with Crippen LogP contribution in [0.3, 0.4) is 0 Å². The topological polar surface area (TPSA) is 26.3 Å². The van der Waals surface area contributed by atoms with Gasteiger partial charge in [0, 0.05) is 11.5 Å². The van der Waals surface area contributed by atoms with Gasteiger partial charge in [0.1, 0.15) is 5.75 Å². The zero-order valence-electron chi connectivity index (χ0n) is 10.9. The molecule has 0 saturated carbocycles. The first-order chi connectivity index (χ1) is 9.28. The number of hydrogen-bond donors (Lipinski definition) is 0. The first kappa shape index (κ1) is 12.0. The van der Waals surface area contributed by atoms with Gasteiger partial charge in [0.2, 0.25) is 0 Å². The molecule has 19 heavy (non-hydrogen) atoms. The molecule has 0 spiro atoms. The number of fused-ring (bicyclic) bond motifs is 1. The van der Waals surface area contributed by atoms with E-state index in [2.05, 4.69) is 12.1 Å². The Hall–Kier alpha value is -2.09. The van der Waals surface area contributed by atoms with Gasteiger partial charge in [-0.25, -0.2) is 0 Å². The highest BCUT2D eigenvalue weighted by atomic mass is 16.5. The number of ether oxygens (including phenoxy) is 1. The predicted molar refractivity (Wildman–Crippen MR) is 74.7 cm³/mol. The Kier molecular flexibility index (Phi) is 3.08. The molecule has 0 aromatic heterocycles. The van der Waals surface area contributed by atoms with Crippen LogP contribution in [0.25, 0.3) is 0 Å². The summed E-state index contributed by atoms with van der Waals surface area (Å²) in [6.45, 7) is 0. The van der Waals surface area contributed by atoms with E-state index in [-0.39, 0.29) is 11.7 Å². The molecule has 1 atom stereocenters. The summed E-state index contributed by atoms with van der Waals surface area (Å²) in [5.74, 6) is 1.16. The van der Waals surface area contributed by atoms with Crippen LogP contribution in [-0.4, -0.2) is 12.9 Å². The summed E-state index contributed by atoms with van der Waals surface area (Å²) in [5.41, 5.74) is 3.20. The maximum Gasteiger partial charge on any atom is 0.166 e. The van der Waals surface area contributed by atoms with E-state index in [1.54, 1.807) is 7.11 Å². The summed E-state index contributed by atoms with van der Waals surface area (Å²) in [6.07, 6.45) is 1.64. The van der Waals surface area contributed by atoms with Crippen molar-refractivity contribution in [1.82, 2.24) is 0 Å². The van der Waals surface area contributed by atoms with Crippen molar-refractivity contribution >= 4 is 5.78 Å². The minimum atomic E-state index is 0.0736. The van der Waals surface area contributed by atoms with Gasteiger partial charge >= 0.3 is 0 Å². The molecule has 0 bridgehead atoms.